The summed E-state index contributed by atoms with van der Waals surface area (Å²) >= 11 is 7.17. The van der Waals surface area contributed by atoms with Crippen LogP contribution in [0.1, 0.15) is 22.3 Å². The molecule has 7 nitrogen and oxygen atoms in total. The summed E-state index contributed by atoms with van der Waals surface area (Å²) in [5.74, 6) is -0.684. The lowest BCUT2D eigenvalue weighted by molar-refractivity contribution is -0.384. The van der Waals surface area contributed by atoms with Crippen molar-refractivity contribution >= 4 is 28.6 Å². The van der Waals surface area contributed by atoms with Crippen LogP contribution in [0.4, 0.5) is 5.69 Å². The molecule has 0 aliphatic heterocycles. The molecule has 0 spiro atoms. The molecule has 0 saturated heterocycles. The average molecular weight is 372 g/mol. The lowest BCUT2D eigenvalue weighted by atomic mass is 10.1. The molecule has 124 valence electrons. The van der Waals surface area contributed by atoms with Crippen molar-refractivity contribution in [2.45, 2.75) is 12.8 Å². The van der Waals surface area contributed by atoms with Gasteiger partial charge in [0, 0.05) is 28.8 Å². The summed E-state index contributed by atoms with van der Waals surface area (Å²) in [6, 6.07) is 10.1. The van der Waals surface area contributed by atoms with Gasteiger partial charge in [-0.3, -0.25) is 10.1 Å². The third-order valence-corrected chi connectivity index (χ3v) is 4.47. The molecule has 0 amide bonds. The maximum Gasteiger partial charge on any atom is 0.270 e. The first kappa shape index (κ1) is 17.0. The van der Waals surface area contributed by atoms with Crippen molar-refractivity contribution in [2.75, 3.05) is 0 Å². The van der Waals surface area contributed by atoms with Crippen LogP contribution in [-0.2, 0) is 0 Å². The van der Waals surface area contributed by atoms with Crippen molar-refractivity contribution in [3.8, 4) is 17.3 Å². The summed E-state index contributed by atoms with van der Waals surface area (Å²) in [7, 11) is 0. The molecule has 2 heterocycles. The van der Waals surface area contributed by atoms with E-state index in [0.29, 0.717) is 27.7 Å². The Morgan fingerprint density at radius 3 is 2.80 bits per heavy atom. The quantitative estimate of drug-likeness (QED) is 0.388. The SMILES string of the molecule is Cc1cc([C@@H](C#N)c2nc(-c3cccc([N+](=O)[O-])c3)cs2)nc(Cl)n1. The normalized spacial score (nSPS) is 11.7. The first-order chi connectivity index (χ1) is 12.0. The van der Waals surface area contributed by atoms with E-state index in [4.69, 9.17) is 11.6 Å². The fraction of sp³-hybridized carbons (Fsp3) is 0.125. The van der Waals surface area contributed by atoms with Crippen molar-refractivity contribution in [2.24, 2.45) is 0 Å². The average Bonchev–Trinajstić information content (AvgIpc) is 3.04. The Hall–Kier alpha value is -2.89. The van der Waals surface area contributed by atoms with Crippen molar-refractivity contribution in [1.82, 2.24) is 15.0 Å². The standard InChI is InChI=1S/C16H10ClN5O2S/c1-9-5-13(21-16(17)19-9)12(7-18)15-20-14(8-25-15)10-3-2-4-11(6-10)22(23)24/h2-6,8,12H,1H3/t12-/m1/s1. The van der Waals surface area contributed by atoms with E-state index in [2.05, 4.69) is 21.0 Å². The fourth-order valence-electron chi connectivity index (χ4n) is 2.28. The van der Waals surface area contributed by atoms with E-state index in [1.54, 1.807) is 30.5 Å². The van der Waals surface area contributed by atoms with Gasteiger partial charge in [0.15, 0.2) is 0 Å². The molecule has 1 aromatic carbocycles. The molecule has 0 radical (unpaired) electrons. The molecule has 0 fully saturated rings. The molecule has 2 aromatic heterocycles. The molecule has 3 aromatic rings. The van der Waals surface area contributed by atoms with Crippen LogP contribution in [0.5, 0.6) is 0 Å². The van der Waals surface area contributed by atoms with E-state index >= 15 is 0 Å². The van der Waals surface area contributed by atoms with Crippen molar-refractivity contribution < 1.29 is 4.92 Å². The number of aromatic nitrogens is 3. The second-order valence-corrected chi connectivity index (χ2v) is 6.37. The predicted octanol–water partition coefficient (Wildman–Crippen LogP) is 4.13. The minimum atomic E-state index is -0.684. The van der Waals surface area contributed by atoms with Gasteiger partial charge in [-0.05, 0) is 24.6 Å². The molecule has 0 aliphatic carbocycles. The Bertz CT molecular complexity index is 978. The molecule has 0 bridgehead atoms. The van der Waals surface area contributed by atoms with Crippen LogP contribution in [-0.4, -0.2) is 19.9 Å². The van der Waals surface area contributed by atoms with Gasteiger partial charge in [0.2, 0.25) is 5.28 Å². The van der Waals surface area contributed by atoms with Crippen LogP contribution < -0.4 is 0 Å². The minimum Gasteiger partial charge on any atom is -0.258 e. The van der Waals surface area contributed by atoms with E-state index in [-0.39, 0.29) is 11.0 Å². The molecule has 25 heavy (non-hydrogen) atoms. The summed E-state index contributed by atoms with van der Waals surface area (Å²) < 4.78 is 0. The number of hydrogen-bond donors (Lipinski definition) is 0. The Labute approximate surface area is 151 Å². The number of thiazole rings is 1. The Kier molecular flexibility index (Phi) is 4.70. The van der Waals surface area contributed by atoms with Crippen LogP contribution in [0.25, 0.3) is 11.3 Å². The van der Waals surface area contributed by atoms with Gasteiger partial charge in [-0.25, -0.2) is 15.0 Å². The zero-order valence-electron chi connectivity index (χ0n) is 12.9. The number of nitrogens with zero attached hydrogens (tertiary/aromatic N) is 5. The van der Waals surface area contributed by atoms with Gasteiger partial charge in [-0.15, -0.1) is 11.3 Å². The first-order valence-corrected chi connectivity index (χ1v) is 8.34. The third-order valence-electron chi connectivity index (χ3n) is 3.39. The number of aryl methyl sites for hydroxylation is 1. The molecule has 0 unspecified atom stereocenters. The van der Waals surface area contributed by atoms with Gasteiger partial charge < -0.3 is 0 Å². The molecule has 3 rings (SSSR count). The maximum atomic E-state index is 10.9. The van der Waals surface area contributed by atoms with Gasteiger partial charge in [0.1, 0.15) is 10.9 Å². The number of nitriles is 1. The van der Waals surface area contributed by atoms with E-state index in [9.17, 15) is 15.4 Å². The molecule has 0 aliphatic rings. The number of rotatable bonds is 4. The van der Waals surface area contributed by atoms with Crippen LogP contribution in [0, 0.1) is 28.4 Å². The largest absolute Gasteiger partial charge is 0.270 e. The highest BCUT2D eigenvalue weighted by Crippen LogP contribution is 2.31. The van der Waals surface area contributed by atoms with Gasteiger partial charge in [-0.1, -0.05) is 12.1 Å². The topological polar surface area (TPSA) is 106 Å². The number of nitro benzene ring substituents is 1. The minimum absolute atomic E-state index is 0.0120. The summed E-state index contributed by atoms with van der Waals surface area (Å²) in [6.45, 7) is 1.77. The maximum absolute atomic E-state index is 10.9. The molecule has 9 heteroatoms. The smallest absolute Gasteiger partial charge is 0.258 e. The molecule has 0 saturated carbocycles. The highest BCUT2D eigenvalue weighted by atomic mass is 35.5. The van der Waals surface area contributed by atoms with Gasteiger partial charge in [0.05, 0.1) is 22.4 Å². The molecule has 1 atom stereocenters. The van der Waals surface area contributed by atoms with Crippen LogP contribution >= 0.6 is 22.9 Å². The molecular weight excluding hydrogens is 362 g/mol. The van der Waals surface area contributed by atoms with Crippen molar-refractivity contribution in [3.63, 3.8) is 0 Å². The zero-order valence-corrected chi connectivity index (χ0v) is 14.5. The number of nitro groups is 1. The Morgan fingerprint density at radius 1 is 1.32 bits per heavy atom. The zero-order chi connectivity index (χ0) is 18.0. The predicted molar refractivity (Wildman–Crippen MR) is 93.4 cm³/mol. The first-order valence-electron chi connectivity index (χ1n) is 7.09. The Morgan fingerprint density at radius 2 is 2.12 bits per heavy atom. The van der Waals surface area contributed by atoms with Crippen LogP contribution in [0.15, 0.2) is 35.7 Å². The van der Waals surface area contributed by atoms with E-state index in [1.807, 2.05) is 0 Å². The van der Waals surface area contributed by atoms with Crippen molar-refractivity contribution in [3.05, 3.63) is 67.5 Å². The lowest BCUT2D eigenvalue weighted by Crippen LogP contribution is -2.03. The summed E-state index contributed by atoms with van der Waals surface area (Å²) in [5, 5.41) is 22.8. The lowest BCUT2D eigenvalue weighted by Gasteiger charge is -2.06. The second kappa shape index (κ2) is 6.93. The van der Waals surface area contributed by atoms with E-state index in [0.717, 1.165) is 0 Å². The van der Waals surface area contributed by atoms with Crippen LogP contribution in [0.3, 0.4) is 0 Å². The summed E-state index contributed by atoms with van der Waals surface area (Å²) in [6.07, 6.45) is 0. The summed E-state index contributed by atoms with van der Waals surface area (Å²) in [5.41, 5.74) is 2.30. The van der Waals surface area contributed by atoms with Crippen molar-refractivity contribution in [1.29, 1.82) is 5.26 Å². The highest BCUT2D eigenvalue weighted by molar-refractivity contribution is 7.10. The van der Waals surface area contributed by atoms with Gasteiger partial charge >= 0.3 is 0 Å². The van der Waals surface area contributed by atoms with E-state index in [1.165, 1.54) is 23.5 Å². The van der Waals surface area contributed by atoms with Gasteiger partial charge in [-0.2, -0.15) is 5.26 Å². The monoisotopic (exact) mass is 371 g/mol. The van der Waals surface area contributed by atoms with Gasteiger partial charge in [0.25, 0.3) is 5.69 Å². The molecule has 0 N–H and O–H groups in total. The number of benzene rings is 1. The number of halogens is 1. The highest BCUT2D eigenvalue weighted by Gasteiger charge is 2.21. The van der Waals surface area contributed by atoms with Crippen LogP contribution in [0.2, 0.25) is 5.28 Å². The number of hydrogen-bond acceptors (Lipinski definition) is 7. The molecular formula is C16H10ClN5O2S. The summed E-state index contributed by atoms with van der Waals surface area (Å²) in [4.78, 5) is 23.0. The van der Waals surface area contributed by atoms with E-state index < -0.39 is 10.8 Å². The Balaban J connectivity index is 1.98. The third kappa shape index (κ3) is 3.63. The fourth-order valence-corrected chi connectivity index (χ4v) is 3.40. The second-order valence-electron chi connectivity index (χ2n) is 5.14. The number of non-ortho nitro benzene ring substituents is 1.